The number of rotatable bonds is 17. The molecule has 6 N–H and O–H groups in total. The third kappa shape index (κ3) is 8.62. The van der Waals surface area contributed by atoms with Crippen molar-refractivity contribution in [2.45, 2.75) is 114 Å². The van der Waals surface area contributed by atoms with Crippen molar-refractivity contribution in [1.82, 2.24) is 78.4 Å². The molecule has 0 atom stereocenters. The lowest BCUT2D eigenvalue weighted by atomic mass is 9.95. The molecule has 13 aliphatic rings. The van der Waals surface area contributed by atoms with E-state index >= 15 is 38.4 Å². The summed E-state index contributed by atoms with van der Waals surface area (Å²) in [5, 5.41) is 1.03. The maximum absolute atomic E-state index is 15.6. The second-order valence-corrected chi connectivity index (χ2v) is 30.1. The zero-order valence-corrected chi connectivity index (χ0v) is 56.3. The number of alkyl halides is 2. The van der Waals surface area contributed by atoms with E-state index in [9.17, 15) is 25.9 Å². The summed E-state index contributed by atoms with van der Waals surface area (Å²) in [5.74, 6) is 0.110. The number of benzene rings is 2. The molecule has 2 aromatic rings. The molecule has 15 rings (SSSR count). The van der Waals surface area contributed by atoms with Crippen molar-refractivity contribution < 1.29 is 83.2 Å². The molecule has 36 nitrogen and oxygen atoms in total. The molecule has 0 bridgehead atoms. The molecule has 0 saturated carbocycles. The minimum atomic E-state index is -4.35. The van der Waals surface area contributed by atoms with Gasteiger partial charge in [0.2, 0.25) is 0 Å². The number of urea groups is 8. The summed E-state index contributed by atoms with van der Waals surface area (Å²) in [4.78, 5) is 147. The SMILES string of the molecule is CC12N3Cc4c(OCCBr)ccc(OCCBr)c4CN1C(=O)N1CN4C(=O)N5CN6C(=O)N7CN8C(=O)N9Cc%10c(OCCCS(=O)(=O)O)ccc(OCCCS(=O)(=O)O)c%10CN%10C(=O)N(CN%11C(=O)N(CN%12C(=O)N(CN(C3=O)C12C)C4C%125)C6C%117)C8(C)C%109C.NCCN. The molecule has 94 heavy (non-hydrogen) atoms. The first-order chi connectivity index (χ1) is 44.6. The molecule has 16 amide bonds. The van der Waals surface area contributed by atoms with Crippen LogP contribution in [0.3, 0.4) is 0 Å². The highest BCUT2D eigenvalue weighted by molar-refractivity contribution is 9.09. The highest BCUT2D eigenvalue weighted by Crippen LogP contribution is 2.59. The molecule has 0 aromatic heterocycles. The number of ether oxygens (including phenoxy) is 4. The Kier molecular flexibility index (Phi) is 15.0. The lowest BCUT2D eigenvalue weighted by Gasteiger charge is -2.49. The highest BCUT2D eigenvalue weighted by Gasteiger charge is 2.80. The van der Waals surface area contributed by atoms with Gasteiger partial charge in [-0.05, 0) is 64.8 Å². The fourth-order valence-corrected chi connectivity index (χ4v) is 17.6. The maximum atomic E-state index is 15.6. The first-order valence-electron chi connectivity index (χ1n) is 30.5. The Balaban J connectivity index is 0.00000186. The van der Waals surface area contributed by atoms with Gasteiger partial charge < -0.3 is 30.4 Å². The van der Waals surface area contributed by atoms with Gasteiger partial charge in [0.05, 0.1) is 64.1 Å². The van der Waals surface area contributed by atoms with Crippen molar-refractivity contribution in [3.63, 3.8) is 0 Å². The molecule has 0 spiro atoms. The van der Waals surface area contributed by atoms with E-state index < -0.39 is 167 Å². The molecule has 2 aromatic carbocycles. The standard InChI is InChI=1S/C52H62Br2N16O18S2.C2H8N2/c1-49-51(3)67-25-59-39-37-55(41(59)71)23-57-38-40-61(43(57)73)27-69-47(77)65-21-31-32(36(88-16-12-54)10-9-35(31)87-15-11-53)22-66-48(78)70(52(69,4)50(65,66)2)28-62(40)44(74)58(38)24-56(37)42(72)60(39)26-68(51)46(76)64(49)20-30-29(19-63(49)45(67)75)33(85-13-5-17-89(79,80)81)7-8-34(30)86-14-6-18-90(82,83)84;3-1-2-4/h7-10,37-40H,5-6,11-28H2,1-4H3,(H,79,80,81)(H,82,83,84);1-4H2. The van der Waals surface area contributed by atoms with Crippen molar-refractivity contribution >= 4 is 100 Å². The fourth-order valence-electron chi connectivity index (χ4n) is 16.3. The van der Waals surface area contributed by atoms with Crippen LogP contribution in [0, 0.1) is 0 Å². The van der Waals surface area contributed by atoms with Crippen molar-refractivity contribution in [1.29, 1.82) is 0 Å². The number of hydrogen-bond donors (Lipinski definition) is 4. The zero-order valence-electron chi connectivity index (χ0n) is 51.5. The number of amides is 16. The van der Waals surface area contributed by atoms with Crippen LogP contribution in [0.1, 0.15) is 62.8 Å². The van der Waals surface area contributed by atoms with Crippen LogP contribution in [0.4, 0.5) is 38.4 Å². The van der Waals surface area contributed by atoms with Crippen LogP contribution >= 0.6 is 31.9 Å². The summed E-state index contributed by atoms with van der Waals surface area (Å²) in [6.45, 7) is 4.91. The van der Waals surface area contributed by atoms with Gasteiger partial charge in [0.15, 0.2) is 47.3 Å². The normalized spacial score (nSPS) is 29.9. The lowest BCUT2D eigenvalue weighted by molar-refractivity contribution is -0.0871. The number of fused-ring (bicyclic) bond motifs is 2. The summed E-state index contributed by atoms with van der Waals surface area (Å²) >= 11 is 6.87. The van der Waals surface area contributed by atoms with Crippen LogP contribution in [0.2, 0.25) is 0 Å². The number of halogens is 2. The molecule has 510 valence electrons. The van der Waals surface area contributed by atoms with Crippen LogP contribution in [-0.4, -0.2) is 302 Å². The van der Waals surface area contributed by atoms with E-state index in [1.54, 1.807) is 49.6 Å². The van der Waals surface area contributed by atoms with Crippen LogP contribution < -0.4 is 30.4 Å². The van der Waals surface area contributed by atoms with E-state index in [2.05, 4.69) is 31.9 Å². The van der Waals surface area contributed by atoms with Crippen LogP contribution in [0.15, 0.2) is 24.3 Å². The Morgan fingerprint density at radius 2 is 0.617 bits per heavy atom. The van der Waals surface area contributed by atoms with Gasteiger partial charge in [0.1, 0.15) is 63.0 Å². The predicted octanol–water partition coefficient (Wildman–Crippen LogP) is 1.03. The molecule has 11 fully saturated rings. The van der Waals surface area contributed by atoms with E-state index in [4.69, 9.17) is 30.4 Å². The van der Waals surface area contributed by atoms with Crippen LogP contribution in [0.5, 0.6) is 23.0 Å². The Hall–Kier alpha value is -7.50. The van der Waals surface area contributed by atoms with Crippen molar-refractivity contribution in [2.24, 2.45) is 11.5 Å². The quantitative estimate of drug-likeness (QED) is 0.0976. The number of hydrogen-bond acceptors (Lipinski definition) is 18. The van der Waals surface area contributed by atoms with E-state index in [1.807, 2.05) is 0 Å². The van der Waals surface area contributed by atoms with Gasteiger partial charge in [-0.3, -0.25) is 87.5 Å². The number of nitrogens with zero attached hydrogens (tertiary/aromatic N) is 16. The van der Waals surface area contributed by atoms with E-state index in [0.29, 0.717) is 70.7 Å². The second kappa shape index (κ2) is 22.0. The van der Waals surface area contributed by atoms with Gasteiger partial charge in [0.25, 0.3) is 20.2 Å². The van der Waals surface area contributed by atoms with Crippen LogP contribution in [-0.2, 0) is 46.4 Å². The topological polar surface area (TPSA) is 386 Å². The third-order valence-electron chi connectivity index (χ3n) is 21.1. The van der Waals surface area contributed by atoms with Gasteiger partial charge >= 0.3 is 48.2 Å². The minimum Gasteiger partial charge on any atom is -0.493 e. The summed E-state index contributed by atoms with van der Waals surface area (Å²) in [6, 6.07) is 1.58. The molecule has 13 heterocycles. The molecule has 0 radical (unpaired) electrons. The number of carbonyl (C=O) groups is 8. The Morgan fingerprint density at radius 3 is 0.840 bits per heavy atom. The first-order valence-corrected chi connectivity index (χ1v) is 35.9. The minimum absolute atomic E-state index is 0.0172. The lowest BCUT2D eigenvalue weighted by Crippen LogP contribution is -2.69. The van der Waals surface area contributed by atoms with E-state index in [0.717, 1.165) is 0 Å². The van der Waals surface area contributed by atoms with Crippen molar-refractivity contribution in [3.05, 3.63) is 46.5 Å². The summed E-state index contributed by atoms with van der Waals surface area (Å²) in [7, 11) is -8.71. The fraction of sp³-hybridized carbons (Fsp3) is 0.630. The highest BCUT2D eigenvalue weighted by atomic mass is 79.9. The summed E-state index contributed by atoms with van der Waals surface area (Å²) in [6.07, 6.45) is -5.05. The molecule has 11 saturated heterocycles. The van der Waals surface area contributed by atoms with Gasteiger partial charge in [-0.2, -0.15) is 16.8 Å². The van der Waals surface area contributed by atoms with Gasteiger partial charge in [-0.25, -0.2) is 38.4 Å². The third-order valence-corrected chi connectivity index (χ3v) is 23.3. The molecule has 0 aliphatic carbocycles. The van der Waals surface area contributed by atoms with Gasteiger partial charge in [-0.15, -0.1) is 0 Å². The average molecular weight is 1480 g/mol. The molecular weight excluding hydrogens is 1410 g/mol. The molecule has 0 unspecified atom stereocenters. The largest absolute Gasteiger partial charge is 0.493 e. The van der Waals surface area contributed by atoms with Crippen molar-refractivity contribution in [3.8, 4) is 23.0 Å². The van der Waals surface area contributed by atoms with E-state index in [1.165, 1.54) is 80.7 Å². The predicted molar refractivity (Wildman–Crippen MR) is 328 cm³/mol. The molecule has 13 aliphatic heterocycles. The smallest absolute Gasteiger partial charge is 0.326 e. The summed E-state index contributed by atoms with van der Waals surface area (Å²) < 4.78 is 90.0. The summed E-state index contributed by atoms with van der Waals surface area (Å²) in [5.41, 5.74) is 5.52. The monoisotopic (exact) mass is 1480 g/mol. The van der Waals surface area contributed by atoms with Crippen molar-refractivity contribution in [2.75, 3.05) is 102 Å². The Labute approximate surface area is 555 Å². The van der Waals surface area contributed by atoms with Gasteiger partial charge in [-0.1, -0.05) is 31.9 Å². The number of carbonyl (C=O) groups excluding carboxylic acids is 8. The Bertz CT molecular complexity index is 3660. The maximum Gasteiger partial charge on any atom is 0.326 e. The average Bonchev–Trinajstić information content (AvgIpc) is 1.50. The zero-order chi connectivity index (χ0) is 67.0. The molecule has 40 heteroatoms. The number of nitrogens with two attached hydrogens (primary N) is 2. The Morgan fingerprint density at radius 1 is 0.394 bits per heavy atom. The first kappa shape index (κ1) is 63.9. The second-order valence-electron chi connectivity index (χ2n) is 25.3. The van der Waals surface area contributed by atoms with Gasteiger partial charge in [0, 0.05) is 46.0 Å². The van der Waals surface area contributed by atoms with E-state index in [-0.39, 0.29) is 63.7 Å². The van der Waals surface area contributed by atoms with Crippen LogP contribution in [0.25, 0.3) is 0 Å². The molecular formula is C54H70Br2N18O18S2.